The fraction of sp³-hybridized carbons (Fsp3) is 0.500. The Morgan fingerprint density at radius 1 is 1.03 bits per heavy atom. The molecular formula is C30H42ClN3O5. The molecule has 2 atom stereocenters. The van der Waals surface area contributed by atoms with Gasteiger partial charge < -0.3 is 25.4 Å². The monoisotopic (exact) mass is 559 g/mol. The van der Waals surface area contributed by atoms with Crippen LogP contribution in [0.2, 0.25) is 5.02 Å². The number of nitrogens with zero attached hydrogens (tertiary/aromatic N) is 1. The minimum atomic E-state index is -1.08. The minimum Gasteiger partial charge on any atom is -0.508 e. The second-order valence-electron chi connectivity index (χ2n) is 11.5. The third-order valence-corrected chi connectivity index (χ3v) is 6.36. The van der Waals surface area contributed by atoms with Crippen molar-refractivity contribution in [2.45, 2.75) is 92.5 Å². The van der Waals surface area contributed by atoms with Gasteiger partial charge in [-0.2, -0.15) is 0 Å². The lowest BCUT2D eigenvalue weighted by atomic mass is 9.96. The van der Waals surface area contributed by atoms with Crippen LogP contribution in [0.3, 0.4) is 0 Å². The van der Waals surface area contributed by atoms with Crippen molar-refractivity contribution < 1.29 is 24.2 Å². The zero-order chi connectivity index (χ0) is 29.7. The number of hydrogen-bond acceptors (Lipinski definition) is 5. The van der Waals surface area contributed by atoms with E-state index in [-0.39, 0.29) is 11.7 Å². The van der Waals surface area contributed by atoms with E-state index in [1.807, 2.05) is 40.7 Å². The van der Waals surface area contributed by atoms with E-state index in [1.165, 1.54) is 11.0 Å². The van der Waals surface area contributed by atoms with Gasteiger partial charge in [-0.25, -0.2) is 4.79 Å². The molecule has 0 aliphatic rings. The van der Waals surface area contributed by atoms with Crippen molar-refractivity contribution in [2.75, 3.05) is 5.32 Å². The lowest BCUT2D eigenvalue weighted by molar-refractivity contribution is -0.143. The second-order valence-corrected chi connectivity index (χ2v) is 11.9. The number of carbonyl (C=O) groups is 3. The summed E-state index contributed by atoms with van der Waals surface area (Å²) in [5.74, 6) is -0.756. The van der Waals surface area contributed by atoms with E-state index in [4.69, 9.17) is 16.3 Å². The van der Waals surface area contributed by atoms with Gasteiger partial charge in [-0.1, -0.05) is 43.6 Å². The zero-order valence-corrected chi connectivity index (χ0v) is 25.1. The summed E-state index contributed by atoms with van der Waals surface area (Å²) < 4.78 is 5.42. The summed E-state index contributed by atoms with van der Waals surface area (Å²) in [6.45, 7) is 16.3. The first-order chi connectivity index (χ1) is 18.0. The van der Waals surface area contributed by atoms with Crippen molar-refractivity contribution >= 4 is 35.2 Å². The summed E-state index contributed by atoms with van der Waals surface area (Å²) in [6.07, 6.45) is -0.369. The molecular weight excluding hydrogens is 518 g/mol. The fourth-order valence-electron chi connectivity index (χ4n) is 4.27. The molecule has 3 amide bonds. The van der Waals surface area contributed by atoms with Crippen molar-refractivity contribution in [3.63, 3.8) is 0 Å². The quantitative estimate of drug-likeness (QED) is 0.324. The molecule has 2 aromatic carbocycles. The molecule has 2 rings (SSSR count). The van der Waals surface area contributed by atoms with E-state index in [1.54, 1.807) is 52.0 Å². The molecule has 9 heteroatoms. The minimum absolute atomic E-state index is 0.0665. The smallest absolute Gasteiger partial charge is 0.408 e. The van der Waals surface area contributed by atoms with Crippen molar-refractivity contribution in [1.82, 2.24) is 10.2 Å². The van der Waals surface area contributed by atoms with Gasteiger partial charge in [0.15, 0.2) is 0 Å². The maximum Gasteiger partial charge on any atom is 0.408 e. The maximum atomic E-state index is 14.2. The Labute approximate surface area is 237 Å². The van der Waals surface area contributed by atoms with Crippen molar-refractivity contribution in [1.29, 1.82) is 0 Å². The summed E-state index contributed by atoms with van der Waals surface area (Å²) in [6, 6.07) is 7.66. The number of phenolic OH excluding ortho intramolecular Hbond substituents is 1. The van der Waals surface area contributed by atoms with Crippen LogP contribution in [0.15, 0.2) is 36.4 Å². The van der Waals surface area contributed by atoms with E-state index < -0.39 is 41.6 Å². The van der Waals surface area contributed by atoms with E-state index >= 15 is 0 Å². The summed E-state index contributed by atoms with van der Waals surface area (Å²) in [5, 5.41) is 16.2. The number of anilines is 1. The van der Waals surface area contributed by atoms with Crippen LogP contribution in [-0.4, -0.2) is 45.6 Å². The van der Waals surface area contributed by atoms with Crippen LogP contribution in [0.1, 0.15) is 77.6 Å². The molecule has 2 aromatic rings. The van der Waals surface area contributed by atoms with Crippen LogP contribution in [0, 0.1) is 19.8 Å². The van der Waals surface area contributed by atoms with Crippen LogP contribution < -0.4 is 10.6 Å². The molecule has 0 saturated carbocycles. The Balaban J connectivity index is 2.60. The van der Waals surface area contributed by atoms with Crippen LogP contribution >= 0.6 is 11.6 Å². The average Bonchev–Trinajstić information content (AvgIpc) is 2.79. The number of amides is 3. The molecule has 0 radical (unpaired) electrons. The Bertz CT molecular complexity index is 1170. The number of nitrogens with one attached hydrogen (secondary N) is 2. The molecule has 39 heavy (non-hydrogen) atoms. The first-order valence-electron chi connectivity index (χ1n) is 13.2. The van der Waals surface area contributed by atoms with Gasteiger partial charge in [0.1, 0.15) is 23.4 Å². The predicted octanol–water partition coefficient (Wildman–Crippen LogP) is 6.52. The van der Waals surface area contributed by atoms with E-state index in [9.17, 15) is 19.5 Å². The Morgan fingerprint density at radius 2 is 1.67 bits per heavy atom. The SMILES string of the molecule is Cc1cc(C(C(=O)Nc2c(C)cccc2Cl)N(C(=O)C(CC(C)C)NC(=O)OC(C)(C)C)C(C)C)ccc1O. The van der Waals surface area contributed by atoms with E-state index in [0.717, 1.165) is 5.56 Å². The highest BCUT2D eigenvalue weighted by atomic mass is 35.5. The summed E-state index contributed by atoms with van der Waals surface area (Å²) in [5.41, 5.74) is 1.54. The Kier molecular flexibility index (Phi) is 10.8. The third-order valence-electron chi connectivity index (χ3n) is 6.04. The Morgan fingerprint density at radius 3 is 2.18 bits per heavy atom. The van der Waals surface area contributed by atoms with Gasteiger partial charge in [0.2, 0.25) is 5.91 Å². The summed E-state index contributed by atoms with van der Waals surface area (Å²) in [7, 11) is 0. The number of ether oxygens (including phenoxy) is 1. The zero-order valence-electron chi connectivity index (χ0n) is 24.4. The molecule has 0 bridgehead atoms. The molecule has 0 spiro atoms. The number of benzene rings is 2. The van der Waals surface area contributed by atoms with Gasteiger partial charge in [-0.05, 0) is 95.7 Å². The third kappa shape index (κ3) is 8.88. The first-order valence-corrected chi connectivity index (χ1v) is 13.6. The van der Waals surface area contributed by atoms with Crippen LogP contribution in [0.25, 0.3) is 0 Å². The predicted molar refractivity (Wildman–Crippen MR) is 155 cm³/mol. The highest BCUT2D eigenvalue weighted by Gasteiger charge is 2.38. The van der Waals surface area contributed by atoms with E-state index in [0.29, 0.717) is 28.3 Å². The molecule has 0 aliphatic heterocycles. The molecule has 214 valence electrons. The van der Waals surface area contributed by atoms with Crippen LogP contribution in [0.4, 0.5) is 10.5 Å². The summed E-state index contributed by atoms with van der Waals surface area (Å²) >= 11 is 6.40. The molecule has 8 nitrogen and oxygen atoms in total. The molecule has 0 aromatic heterocycles. The number of para-hydroxylation sites is 1. The normalized spacial score (nSPS) is 13.1. The van der Waals surface area contributed by atoms with Crippen molar-refractivity contribution in [2.24, 2.45) is 5.92 Å². The number of aromatic hydroxyl groups is 1. The van der Waals surface area contributed by atoms with Crippen molar-refractivity contribution in [3.05, 3.63) is 58.1 Å². The van der Waals surface area contributed by atoms with Gasteiger partial charge in [-0.3, -0.25) is 9.59 Å². The number of rotatable bonds is 9. The number of phenols is 1. The number of aryl methyl sites for hydroxylation is 2. The number of halogens is 1. The topological polar surface area (TPSA) is 108 Å². The fourth-order valence-corrected chi connectivity index (χ4v) is 4.54. The van der Waals surface area contributed by atoms with Crippen molar-refractivity contribution in [3.8, 4) is 5.75 Å². The molecule has 0 aliphatic carbocycles. The van der Waals surface area contributed by atoms with Gasteiger partial charge in [0.05, 0.1) is 10.7 Å². The second kappa shape index (κ2) is 13.2. The standard InChI is InChI=1S/C30H42ClN3O5/c1-17(2)15-23(32-29(38)39-30(7,8)9)28(37)34(18(3)4)26(21-13-14-24(35)20(6)16-21)27(36)33-25-19(5)11-10-12-22(25)31/h10-14,16-18,23,26,35H,15H2,1-9H3,(H,32,38)(H,33,36). The molecule has 0 saturated heterocycles. The largest absolute Gasteiger partial charge is 0.508 e. The van der Waals surface area contributed by atoms with E-state index in [2.05, 4.69) is 10.6 Å². The molecule has 2 unspecified atom stereocenters. The molecule has 0 heterocycles. The van der Waals surface area contributed by atoms with Crippen LogP contribution in [0.5, 0.6) is 5.75 Å². The molecule has 3 N–H and O–H groups in total. The summed E-state index contributed by atoms with van der Waals surface area (Å²) in [4.78, 5) is 42.3. The number of carbonyl (C=O) groups excluding carboxylic acids is 3. The first kappa shape index (κ1) is 32.0. The van der Waals surface area contributed by atoms with Gasteiger partial charge in [-0.15, -0.1) is 0 Å². The van der Waals surface area contributed by atoms with Crippen LogP contribution in [-0.2, 0) is 14.3 Å². The highest BCUT2D eigenvalue weighted by Crippen LogP contribution is 2.32. The number of hydrogen-bond donors (Lipinski definition) is 3. The number of alkyl carbamates (subject to hydrolysis) is 1. The lowest BCUT2D eigenvalue weighted by Gasteiger charge is -2.37. The van der Waals surface area contributed by atoms with Gasteiger partial charge in [0.25, 0.3) is 5.91 Å². The highest BCUT2D eigenvalue weighted by molar-refractivity contribution is 6.34. The average molecular weight is 560 g/mol. The van der Waals surface area contributed by atoms with Gasteiger partial charge >= 0.3 is 6.09 Å². The maximum absolute atomic E-state index is 14.2. The Hall–Kier alpha value is -3.26. The van der Waals surface area contributed by atoms with Gasteiger partial charge in [0, 0.05) is 6.04 Å². The lowest BCUT2D eigenvalue weighted by Crippen LogP contribution is -2.54. The molecule has 0 fully saturated rings.